The summed E-state index contributed by atoms with van der Waals surface area (Å²) in [6.07, 6.45) is 6.57. The minimum Gasteiger partial charge on any atom is -0.276 e. The number of rotatable bonds is 7. The number of hydrogen-bond acceptors (Lipinski definition) is 5. The number of nitrogens with one attached hydrogen (secondary N) is 1. The number of anilines is 1. The van der Waals surface area contributed by atoms with E-state index in [1.54, 1.807) is 11.6 Å². The number of hydrogen-bond donors (Lipinski definition) is 1. The van der Waals surface area contributed by atoms with Crippen LogP contribution < -0.4 is 4.72 Å². The molecule has 2 heterocycles. The van der Waals surface area contributed by atoms with E-state index < -0.39 is 15.5 Å². The third-order valence-electron chi connectivity index (χ3n) is 5.86. The Morgan fingerprint density at radius 1 is 1.24 bits per heavy atom. The Labute approximate surface area is 199 Å². The maximum absolute atomic E-state index is 12.6. The minimum atomic E-state index is -5.52. The summed E-state index contributed by atoms with van der Waals surface area (Å²) in [6.45, 7) is 2.26. The topological polar surface area (TPSA) is 72.0 Å². The smallest absolute Gasteiger partial charge is 0.276 e. The molecule has 1 aromatic carbocycles. The molecule has 0 aliphatic heterocycles. The van der Waals surface area contributed by atoms with Crippen LogP contribution in [0.25, 0.3) is 21.8 Å². The van der Waals surface area contributed by atoms with E-state index in [-0.39, 0.29) is 10.7 Å². The van der Waals surface area contributed by atoms with Crippen molar-refractivity contribution >= 4 is 38.6 Å². The molecule has 11 heteroatoms. The van der Waals surface area contributed by atoms with Crippen molar-refractivity contribution in [2.45, 2.75) is 38.1 Å². The quantitative estimate of drug-likeness (QED) is 0.377. The first-order valence-electron chi connectivity index (χ1n) is 10.3. The molecule has 1 fully saturated rings. The normalized spacial score (nSPS) is 15.8. The SMILES string of the molecule is CC(Cc1cc(-c2nc(-c3ccc(NS(=O)(=O)C(F)(F)F)cc3Cl)cs2)ccn1)C1CCC1. The van der Waals surface area contributed by atoms with Crippen LogP contribution in [0.4, 0.5) is 18.9 Å². The fourth-order valence-corrected chi connectivity index (χ4v) is 5.41. The molecule has 0 radical (unpaired) electrons. The van der Waals surface area contributed by atoms with Crippen LogP contribution in [0.2, 0.25) is 5.02 Å². The maximum Gasteiger partial charge on any atom is 0.516 e. The summed E-state index contributed by atoms with van der Waals surface area (Å²) >= 11 is 7.65. The zero-order valence-electron chi connectivity index (χ0n) is 17.6. The van der Waals surface area contributed by atoms with Crippen molar-refractivity contribution in [1.29, 1.82) is 0 Å². The number of sulfonamides is 1. The lowest BCUT2D eigenvalue weighted by Gasteiger charge is -2.31. The van der Waals surface area contributed by atoms with E-state index in [0.29, 0.717) is 17.2 Å². The monoisotopic (exact) mass is 515 g/mol. The van der Waals surface area contributed by atoms with Gasteiger partial charge in [-0.1, -0.05) is 37.8 Å². The van der Waals surface area contributed by atoms with Gasteiger partial charge >= 0.3 is 15.5 Å². The molecule has 2 aromatic heterocycles. The van der Waals surface area contributed by atoms with Gasteiger partial charge in [0.2, 0.25) is 0 Å². The van der Waals surface area contributed by atoms with Crippen LogP contribution in [0.15, 0.2) is 41.9 Å². The fraction of sp³-hybridized carbons (Fsp3) is 0.364. The Morgan fingerprint density at radius 3 is 2.64 bits per heavy atom. The lowest BCUT2D eigenvalue weighted by molar-refractivity contribution is -0.0429. The van der Waals surface area contributed by atoms with Gasteiger partial charge in [0, 0.05) is 28.4 Å². The summed E-state index contributed by atoms with van der Waals surface area (Å²) in [5.41, 5.74) is -2.71. The number of halogens is 4. The molecule has 3 aromatic rings. The second-order valence-corrected chi connectivity index (χ2v) is 11.1. The zero-order valence-corrected chi connectivity index (χ0v) is 20.0. The van der Waals surface area contributed by atoms with E-state index in [1.165, 1.54) is 47.5 Å². The van der Waals surface area contributed by atoms with Crippen molar-refractivity contribution in [3.8, 4) is 21.8 Å². The van der Waals surface area contributed by atoms with Crippen LogP contribution in [-0.2, 0) is 16.4 Å². The molecule has 1 atom stereocenters. The molecule has 1 N–H and O–H groups in total. The molecular weight excluding hydrogens is 495 g/mol. The van der Waals surface area contributed by atoms with E-state index in [0.717, 1.165) is 34.7 Å². The molecule has 1 aliphatic rings. The highest BCUT2D eigenvalue weighted by molar-refractivity contribution is 7.93. The molecule has 5 nitrogen and oxygen atoms in total. The highest BCUT2D eigenvalue weighted by Gasteiger charge is 2.46. The van der Waals surface area contributed by atoms with Gasteiger partial charge in [0.1, 0.15) is 5.01 Å². The van der Waals surface area contributed by atoms with Gasteiger partial charge in [-0.25, -0.2) is 4.98 Å². The number of aromatic nitrogens is 2. The first kappa shape index (κ1) is 24.0. The highest BCUT2D eigenvalue weighted by Crippen LogP contribution is 2.37. The number of thiazole rings is 1. The summed E-state index contributed by atoms with van der Waals surface area (Å²) in [7, 11) is -5.52. The first-order chi connectivity index (χ1) is 15.5. The van der Waals surface area contributed by atoms with Gasteiger partial charge in [-0.3, -0.25) is 9.71 Å². The Kier molecular flexibility index (Phi) is 6.70. The predicted molar refractivity (Wildman–Crippen MR) is 125 cm³/mol. The molecule has 176 valence electrons. The van der Waals surface area contributed by atoms with Crippen LogP contribution in [0.1, 0.15) is 31.9 Å². The average molecular weight is 516 g/mol. The average Bonchev–Trinajstić information content (AvgIpc) is 3.15. The van der Waals surface area contributed by atoms with Gasteiger partial charge in [-0.2, -0.15) is 21.6 Å². The van der Waals surface area contributed by atoms with Gasteiger partial charge in [0.05, 0.1) is 16.4 Å². The standard InChI is InChI=1S/C22H21ClF3N3O2S2/c1-13(14-3-2-4-14)9-17-10-15(7-8-27-17)21-28-20(12-32-21)18-6-5-16(11-19(18)23)29-33(30,31)22(24,25)26/h5-8,10-14,29H,2-4,9H2,1H3. The Balaban J connectivity index is 1.52. The van der Waals surface area contributed by atoms with E-state index in [2.05, 4.69) is 16.9 Å². The lowest BCUT2D eigenvalue weighted by Crippen LogP contribution is -2.29. The third kappa shape index (κ3) is 5.33. The Morgan fingerprint density at radius 2 is 2.00 bits per heavy atom. The molecule has 0 spiro atoms. The first-order valence-corrected chi connectivity index (χ1v) is 13.1. The van der Waals surface area contributed by atoms with Gasteiger partial charge < -0.3 is 0 Å². The van der Waals surface area contributed by atoms with Crippen LogP contribution >= 0.6 is 22.9 Å². The van der Waals surface area contributed by atoms with E-state index >= 15 is 0 Å². The number of nitrogens with zero attached hydrogens (tertiary/aromatic N) is 2. The third-order valence-corrected chi connectivity index (χ3v) is 8.17. The summed E-state index contributed by atoms with van der Waals surface area (Å²) in [5.74, 6) is 1.35. The number of pyridine rings is 1. The van der Waals surface area contributed by atoms with Gasteiger partial charge in [0.15, 0.2) is 0 Å². The Hall–Kier alpha value is -2.17. The summed E-state index contributed by atoms with van der Waals surface area (Å²) in [5, 5.41) is 2.65. The number of alkyl halides is 3. The van der Waals surface area contributed by atoms with Crippen LogP contribution in [0.5, 0.6) is 0 Å². The predicted octanol–water partition coefficient (Wildman–Crippen LogP) is 6.77. The van der Waals surface area contributed by atoms with Crippen molar-refractivity contribution in [2.75, 3.05) is 4.72 Å². The van der Waals surface area contributed by atoms with Crippen LogP contribution in [0.3, 0.4) is 0 Å². The fourth-order valence-electron chi connectivity index (χ4n) is 3.76. The molecule has 0 saturated heterocycles. The Bertz CT molecular complexity index is 1260. The molecular formula is C22H21ClF3N3O2S2. The molecule has 4 rings (SSSR count). The molecule has 1 unspecified atom stereocenters. The van der Waals surface area contributed by atoms with Crippen molar-refractivity contribution in [2.24, 2.45) is 11.8 Å². The van der Waals surface area contributed by atoms with Crippen molar-refractivity contribution in [3.05, 3.63) is 52.6 Å². The summed E-state index contributed by atoms with van der Waals surface area (Å²) in [6, 6.07) is 7.71. The highest BCUT2D eigenvalue weighted by atomic mass is 35.5. The molecule has 1 saturated carbocycles. The van der Waals surface area contributed by atoms with Crippen molar-refractivity contribution < 1.29 is 21.6 Å². The van der Waals surface area contributed by atoms with E-state index in [9.17, 15) is 21.6 Å². The van der Waals surface area contributed by atoms with E-state index in [1.807, 2.05) is 12.1 Å². The molecule has 0 amide bonds. The molecule has 33 heavy (non-hydrogen) atoms. The maximum atomic E-state index is 12.6. The lowest BCUT2D eigenvalue weighted by atomic mass is 9.75. The summed E-state index contributed by atoms with van der Waals surface area (Å²) < 4.78 is 61.9. The largest absolute Gasteiger partial charge is 0.516 e. The second-order valence-electron chi connectivity index (χ2n) is 8.19. The van der Waals surface area contributed by atoms with Gasteiger partial charge in [-0.15, -0.1) is 11.3 Å². The minimum absolute atomic E-state index is 0.0824. The van der Waals surface area contributed by atoms with E-state index in [4.69, 9.17) is 11.6 Å². The van der Waals surface area contributed by atoms with Crippen molar-refractivity contribution in [3.63, 3.8) is 0 Å². The van der Waals surface area contributed by atoms with Crippen LogP contribution in [0, 0.1) is 11.8 Å². The van der Waals surface area contributed by atoms with Crippen LogP contribution in [-0.4, -0.2) is 23.9 Å². The number of benzene rings is 1. The molecule has 0 bridgehead atoms. The summed E-state index contributed by atoms with van der Waals surface area (Å²) in [4.78, 5) is 9.13. The second kappa shape index (κ2) is 9.23. The van der Waals surface area contributed by atoms with Gasteiger partial charge in [0.25, 0.3) is 0 Å². The molecule has 1 aliphatic carbocycles. The zero-order chi connectivity index (χ0) is 23.8. The van der Waals surface area contributed by atoms with Crippen molar-refractivity contribution in [1.82, 2.24) is 9.97 Å². The van der Waals surface area contributed by atoms with Gasteiger partial charge in [-0.05, 0) is 48.6 Å².